The molecular formula is C18H45BiN6O3. The van der Waals surface area contributed by atoms with Gasteiger partial charge in [-0.25, -0.2) is 0 Å². The summed E-state index contributed by atoms with van der Waals surface area (Å²) in [5.74, 6) is 0. The Hall–Kier alpha value is 0.523. The van der Waals surface area contributed by atoms with E-state index in [0.29, 0.717) is 39.5 Å². The molecule has 10 heteroatoms. The summed E-state index contributed by atoms with van der Waals surface area (Å²) in [6, 6.07) is -0.104. The Morgan fingerprint density at radius 1 is 0.500 bits per heavy atom. The summed E-state index contributed by atoms with van der Waals surface area (Å²) in [7, 11) is 0. The van der Waals surface area contributed by atoms with Crippen LogP contribution in [0.2, 0.25) is 0 Å². The molecule has 0 aliphatic heterocycles. The second kappa shape index (κ2) is 20.8. The number of hydrogen-bond donors (Lipinski definition) is 6. The third-order valence-electron chi connectivity index (χ3n) is 4.27. The van der Waals surface area contributed by atoms with Crippen LogP contribution >= 0.6 is 0 Å². The summed E-state index contributed by atoms with van der Waals surface area (Å²) >= 11 is -3.05. The molecule has 0 bridgehead atoms. The van der Waals surface area contributed by atoms with Gasteiger partial charge >= 0.3 is 181 Å². The topological polar surface area (TPSA) is 184 Å². The molecule has 0 aromatic carbocycles. The van der Waals surface area contributed by atoms with E-state index in [0.717, 1.165) is 57.8 Å². The maximum absolute atomic E-state index is 6.12. The summed E-state index contributed by atoms with van der Waals surface area (Å²) in [6.45, 7) is 3.37. The second-order valence-corrected chi connectivity index (χ2v) is 12.0. The zero-order chi connectivity index (χ0) is 21.0. The Kier molecular flexibility index (Phi) is 21.2. The molecule has 0 heterocycles. The molecule has 0 saturated carbocycles. The predicted octanol–water partition coefficient (Wildman–Crippen LogP) is -0.610. The summed E-state index contributed by atoms with van der Waals surface area (Å²) in [4.78, 5) is 0. The zero-order valence-corrected chi connectivity index (χ0v) is 21.0. The van der Waals surface area contributed by atoms with Crippen LogP contribution in [0.5, 0.6) is 0 Å². The van der Waals surface area contributed by atoms with E-state index >= 15 is 0 Å². The van der Waals surface area contributed by atoms with E-state index in [1.54, 1.807) is 0 Å². The molecule has 0 amide bonds. The van der Waals surface area contributed by atoms with Gasteiger partial charge in [-0.1, -0.05) is 0 Å². The van der Waals surface area contributed by atoms with Crippen molar-refractivity contribution in [3.63, 3.8) is 0 Å². The van der Waals surface area contributed by atoms with Crippen molar-refractivity contribution in [2.45, 2.75) is 75.9 Å². The first-order valence-electron chi connectivity index (χ1n) is 10.6. The average molecular weight is 603 g/mol. The van der Waals surface area contributed by atoms with Gasteiger partial charge in [0.1, 0.15) is 0 Å². The van der Waals surface area contributed by atoms with Crippen molar-refractivity contribution in [3.8, 4) is 0 Å². The van der Waals surface area contributed by atoms with Crippen LogP contribution in [0.25, 0.3) is 0 Å². The summed E-state index contributed by atoms with van der Waals surface area (Å²) in [5, 5.41) is 0. The van der Waals surface area contributed by atoms with Crippen LogP contribution in [0, 0.1) is 0 Å². The summed E-state index contributed by atoms with van der Waals surface area (Å²) < 4.78 is 17.8. The van der Waals surface area contributed by atoms with Crippen molar-refractivity contribution in [1.82, 2.24) is 0 Å². The maximum atomic E-state index is 6.12. The molecule has 0 fully saturated rings. The van der Waals surface area contributed by atoms with Crippen LogP contribution in [0.15, 0.2) is 0 Å². The van der Waals surface area contributed by atoms with Crippen LogP contribution < -0.4 is 34.4 Å². The summed E-state index contributed by atoms with van der Waals surface area (Å²) in [6.07, 6.45) is 8.57. The van der Waals surface area contributed by atoms with E-state index in [1.165, 1.54) is 0 Å². The quantitative estimate of drug-likeness (QED) is 0.0737. The second-order valence-electron chi connectivity index (χ2n) is 7.24. The number of nitrogens with two attached hydrogens (primary N) is 6. The molecule has 0 unspecified atom stereocenters. The Labute approximate surface area is 181 Å². The zero-order valence-electron chi connectivity index (χ0n) is 17.5. The molecule has 12 N–H and O–H groups in total. The van der Waals surface area contributed by atoms with Crippen molar-refractivity contribution in [1.29, 1.82) is 0 Å². The van der Waals surface area contributed by atoms with E-state index in [4.69, 9.17) is 42.8 Å². The Morgan fingerprint density at radius 2 is 0.786 bits per heavy atom. The molecule has 28 heavy (non-hydrogen) atoms. The van der Waals surface area contributed by atoms with E-state index in [1.807, 2.05) is 0 Å². The SMILES string of the molecule is NCCCC[C@H](N)C[O][Bi]([O]C[C@@H](N)CCCCN)[O]C[C@@H](N)CCCCN. The first kappa shape index (κ1) is 28.5. The van der Waals surface area contributed by atoms with Gasteiger partial charge in [0, 0.05) is 0 Å². The van der Waals surface area contributed by atoms with Crippen LogP contribution in [-0.4, -0.2) is 80.7 Å². The van der Waals surface area contributed by atoms with Gasteiger partial charge in [-0.2, -0.15) is 0 Å². The number of rotatable bonds is 21. The predicted molar refractivity (Wildman–Crippen MR) is 116 cm³/mol. The van der Waals surface area contributed by atoms with Crippen molar-refractivity contribution in [3.05, 3.63) is 0 Å². The minimum atomic E-state index is -3.05. The molecule has 0 aliphatic rings. The first-order valence-corrected chi connectivity index (χ1v) is 14.8. The fourth-order valence-electron chi connectivity index (χ4n) is 2.48. The van der Waals surface area contributed by atoms with Crippen molar-refractivity contribution >= 4 is 23.1 Å². The van der Waals surface area contributed by atoms with E-state index in [-0.39, 0.29) is 18.1 Å². The van der Waals surface area contributed by atoms with E-state index in [9.17, 15) is 0 Å². The Bertz CT molecular complexity index is 286. The Morgan fingerprint density at radius 3 is 1.04 bits per heavy atom. The van der Waals surface area contributed by atoms with Crippen LogP contribution in [0.3, 0.4) is 0 Å². The fourth-order valence-corrected chi connectivity index (χ4v) is 7.01. The third kappa shape index (κ3) is 18.5. The molecule has 0 spiro atoms. The summed E-state index contributed by atoms with van der Waals surface area (Å²) in [5.41, 5.74) is 34.9. The molecule has 0 saturated heterocycles. The molecule has 0 aromatic heterocycles. The first-order chi connectivity index (χ1) is 13.5. The molecule has 0 rings (SSSR count). The van der Waals surface area contributed by atoms with Gasteiger partial charge in [-0.15, -0.1) is 0 Å². The van der Waals surface area contributed by atoms with Gasteiger partial charge in [-0.3, -0.25) is 0 Å². The molecule has 0 aliphatic carbocycles. The van der Waals surface area contributed by atoms with Gasteiger partial charge in [0.25, 0.3) is 0 Å². The van der Waals surface area contributed by atoms with Crippen molar-refractivity contribution in [2.75, 3.05) is 39.5 Å². The van der Waals surface area contributed by atoms with Crippen LogP contribution in [0.1, 0.15) is 57.8 Å². The fraction of sp³-hybridized carbons (Fsp3) is 1.00. The minimum absolute atomic E-state index is 0.0345. The van der Waals surface area contributed by atoms with Crippen LogP contribution in [0.4, 0.5) is 0 Å². The third-order valence-corrected chi connectivity index (χ3v) is 8.47. The van der Waals surface area contributed by atoms with Crippen molar-refractivity contribution < 1.29 is 8.44 Å². The molecule has 0 aromatic rings. The normalized spacial score (nSPS) is 15.1. The van der Waals surface area contributed by atoms with Gasteiger partial charge in [-0.05, 0) is 0 Å². The van der Waals surface area contributed by atoms with Crippen LogP contribution in [-0.2, 0) is 8.44 Å². The molecule has 0 radical (unpaired) electrons. The van der Waals surface area contributed by atoms with E-state index in [2.05, 4.69) is 0 Å². The van der Waals surface area contributed by atoms with Gasteiger partial charge < -0.3 is 0 Å². The van der Waals surface area contributed by atoms with Gasteiger partial charge in [0.15, 0.2) is 0 Å². The molecular weight excluding hydrogens is 557 g/mol. The van der Waals surface area contributed by atoms with E-state index < -0.39 is 23.1 Å². The number of unbranched alkanes of at least 4 members (excludes halogenated alkanes) is 3. The van der Waals surface area contributed by atoms with Gasteiger partial charge in [0.2, 0.25) is 0 Å². The number of hydrogen-bond acceptors (Lipinski definition) is 9. The molecule has 170 valence electrons. The Balaban J connectivity index is 4.27. The van der Waals surface area contributed by atoms with Gasteiger partial charge in [0.05, 0.1) is 0 Å². The van der Waals surface area contributed by atoms with Crippen molar-refractivity contribution in [2.24, 2.45) is 34.4 Å². The molecule has 9 nitrogen and oxygen atoms in total. The molecule has 3 atom stereocenters. The average Bonchev–Trinajstić information content (AvgIpc) is 2.68. The monoisotopic (exact) mass is 602 g/mol. The standard InChI is InChI=1S/3C6H15N2O.Bi/c3*7-4-2-1-3-6(8)5-9;/h3*6H,1-5,7-8H2;/q3*-1;+3/t3*6-;/m000./s1.